The minimum absolute atomic E-state index is 0.0463. The van der Waals surface area contributed by atoms with Gasteiger partial charge in [0.15, 0.2) is 17.5 Å². The standard InChI is InChI=1S/C21H33F2N5O3/c1-3-24-21(25-6-4-8-28-9-5-7-27(2)10-11-28)26-14-16-12-18-19(30-15-29-18)13-17(16)31-20(22)23/h12-13,20H,3-11,14-15H2,1-2H3,(H2,24,25,26). The van der Waals surface area contributed by atoms with E-state index in [2.05, 4.69) is 37.2 Å². The maximum Gasteiger partial charge on any atom is 0.387 e. The zero-order valence-corrected chi connectivity index (χ0v) is 18.3. The predicted molar refractivity (Wildman–Crippen MR) is 115 cm³/mol. The summed E-state index contributed by atoms with van der Waals surface area (Å²) < 4.78 is 40.9. The van der Waals surface area contributed by atoms with Crippen LogP contribution in [0.3, 0.4) is 0 Å². The van der Waals surface area contributed by atoms with Gasteiger partial charge in [0.1, 0.15) is 5.75 Å². The van der Waals surface area contributed by atoms with E-state index >= 15 is 0 Å². The molecule has 8 nitrogen and oxygen atoms in total. The lowest BCUT2D eigenvalue weighted by Crippen LogP contribution is -2.39. The molecule has 0 atom stereocenters. The Kier molecular flexibility index (Phi) is 8.96. The summed E-state index contributed by atoms with van der Waals surface area (Å²) >= 11 is 0. The van der Waals surface area contributed by atoms with Gasteiger partial charge >= 0.3 is 6.61 Å². The van der Waals surface area contributed by atoms with Crippen LogP contribution in [0.4, 0.5) is 8.78 Å². The molecule has 0 spiro atoms. The zero-order valence-electron chi connectivity index (χ0n) is 18.3. The molecule has 10 heteroatoms. The van der Waals surface area contributed by atoms with E-state index in [1.807, 2.05) is 6.92 Å². The lowest BCUT2D eigenvalue weighted by atomic mass is 10.1. The molecule has 1 aromatic carbocycles. The molecule has 2 aliphatic heterocycles. The number of alkyl halides is 2. The molecule has 1 fully saturated rings. The number of nitrogens with zero attached hydrogens (tertiary/aromatic N) is 3. The average molecular weight is 442 g/mol. The molecular formula is C21H33F2N5O3. The predicted octanol–water partition coefficient (Wildman–Crippen LogP) is 2.10. The summed E-state index contributed by atoms with van der Waals surface area (Å²) in [6, 6.07) is 3.07. The van der Waals surface area contributed by atoms with E-state index in [4.69, 9.17) is 9.47 Å². The van der Waals surface area contributed by atoms with Crippen LogP contribution in [0, 0.1) is 0 Å². The molecule has 0 saturated carbocycles. The molecule has 0 amide bonds. The van der Waals surface area contributed by atoms with Crippen LogP contribution in [0.2, 0.25) is 0 Å². The highest BCUT2D eigenvalue weighted by Crippen LogP contribution is 2.39. The number of ether oxygens (including phenoxy) is 3. The van der Waals surface area contributed by atoms with Gasteiger partial charge in [-0.3, -0.25) is 0 Å². The van der Waals surface area contributed by atoms with Crippen LogP contribution in [-0.4, -0.2) is 82.0 Å². The van der Waals surface area contributed by atoms with Crippen molar-refractivity contribution in [2.45, 2.75) is 32.9 Å². The molecule has 0 unspecified atom stereocenters. The Labute approximate surface area is 182 Å². The lowest BCUT2D eigenvalue weighted by Gasteiger charge is -2.20. The quantitative estimate of drug-likeness (QED) is 0.346. The molecule has 1 aromatic rings. The first-order valence-corrected chi connectivity index (χ1v) is 10.9. The minimum atomic E-state index is -2.92. The second-order valence-electron chi connectivity index (χ2n) is 7.67. The second-order valence-corrected chi connectivity index (χ2v) is 7.67. The molecule has 0 radical (unpaired) electrons. The molecule has 0 aromatic heterocycles. The summed E-state index contributed by atoms with van der Waals surface area (Å²) in [5, 5.41) is 6.52. The van der Waals surface area contributed by atoms with E-state index in [1.54, 1.807) is 6.07 Å². The van der Waals surface area contributed by atoms with Crippen molar-refractivity contribution in [3.63, 3.8) is 0 Å². The van der Waals surface area contributed by atoms with E-state index in [0.29, 0.717) is 29.6 Å². The van der Waals surface area contributed by atoms with E-state index < -0.39 is 6.61 Å². The highest BCUT2D eigenvalue weighted by Gasteiger charge is 2.20. The molecule has 2 aliphatic rings. The number of halogens is 2. The Morgan fingerprint density at radius 3 is 2.74 bits per heavy atom. The number of fused-ring (bicyclic) bond motifs is 1. The Hall–Kier alpha value is -2.33. The van der Waals surface area contributed by atoms with Crippen LogP contribution in [0.5, 0.6) is 17.2 Å². The van der Waals surface area contributed by atoms with E-state index in [9.17, 15) is 8.78 Å². The third-order valence-electron chi connectivity index (χ3n) is 5.28. The number of aliphatic imine (C=N–C) groups is 1. The summed E-state index contributed by atoms with van der Waals surface area (Å²) in [5.74, 6) is 1.59. The van der Waals surface area contributed by atoms with Crippen LogP contribution in [0.1, 0.15) is 25.3 Å². The van der Waals surface area contributed by atoms with Gasteiger partial charge in [-0.05, 0) is 52.5 Å². The molecular weight excluding hydrogens is 408 g/mol. The molecule has 1 saturated heterocycles. The van der Waals surface area contributed by atoms with Crippen LogP contribution in [0.25, 0.3) is 0 Å². The fourth-order valence-electron chi connectivity index (χ4n) is 3.63. The van der Waals surface area contributed by atoms with Gasteiger partial charge in [-0.15, -0.1) is 0 Å². The Balaban J connectivity index is 1.54. The first-order valence-electron chi connectivity index (χ1n) is 10.9. The normalized spacial score (nSPS) is 17.6. The number of likely N-dealkylation sites (N-methyl/N-ethyl adjacent to an activating group) is 1. The topological polar surface area (TPSA) is 70.6 Å². The molecule has 174 valence electrons. The molecule has 3 rings (SSSR count). The van der Waals surface area contributed by atoms with Crippen LogP contribution < -0.4 is 24.8 Å². The number of hydrogen-bond donors (Lipinski definition) is 2. The maximum atomic E-state index is 12.8. The van der Waals surface area contributed by atoms with Gasteiger partial charge < -0.3 is 34.6 Å². The Bertz CT molecular complexity index is 735. The summed E-state index contributed by atoms with van der Waals surface area (Å²) in [6.07, 6.45) is 2.20. The summed E-state index contributed by atoms with van der Waals surface area (Å²) in [7, 11) is 2.17. The molecule has 0 bridgehead atoms. The van der Waals surface area contributed by atoms with Crippen LogP contribution in [0.15, 0.2) is 17.1 Å². The third kappa shape index (κ3) is 7.39. The monoisotopic (exact) mass is 441 g/mol. The van der Waals surface area contributed by atoms with Crippen molar-refractivity contribution in [2.75, 3.05) is 59.7 Å². The van der Waals surface area contributed by atoms with Crippen molar-refractivity contribution in [3.8, 4) is 17.2 Å². The van der Waals surface area contributed by atoms with Crippen molar-refractivity contribution < 1.29 is 23.0 Å². The summed E-state index contributed by atoms with van der Waals surface area (Å²) in [5.41, 5.74) is 0.510. The number of hydrogen-bond acceptors (Lipinski definition) is 6. The third-order valence-corrected chi connectivity index (χ3v) is 5.28. The van der Waals surface area contributed by atoms with E-state index in [-0.39, 0.29) is 19.1 Å². The first-order chi connectivity index (χ1) is 15.0. The molecule has 2 N–H and O–H groups in total. The summed E-state index contributed by atoms with van der Waals surface area (Å²) in [4.78, 5) is 9.41. The average Bonchev–Trinajstić information content (AvgIpc) is 3.08. The van der Waals surface area contributed by atoms with Gasteiger partial charge in [0, 0.05) is 37.8 Å². The number of guanidine groups is 1. The van der Waals surface area contributed by atoms with Gasteiger partial charge in [0.2, 0.25) is 6.79 Å². The lowest BCUT2D eigenvalue weighted by molar-refractivity contribution is -0.0505. The minimum Gasteiger partial charge on any atom is -0.454 e. The van der Waals surface area contributed by atoms with Gasteiger partial charge in [0.25, 0.3) is 0 Å². The van der Waals surface area contributed by atoms with Gasteiger partial charge in [-0.25, -0.2) is 4.99 Å². The highest BCUT2D eigenvalue weighted by molar-refractivity contribution is 5.79. The Morgan fingerprint density at radius 1 is 1.16 bits per heavy atom. The SMILES string of the molecule is CCNC(=NCc1cc2c(cc1OC(F)F)OCO2)NCCCN1CCCN(C)CC1. The second kappa shape index (κ2) is 11.9. The number of nitrogens with one attached hydrogen (secondary N) is 2. The van der Waals surface area contributed by atoms with E-state index in [1.165, 1.54) is 12.5 Å². The van der Waals surface area contributed by atoms with Crippen molar-refractivity contribution in [1.82, 2.24) is 20.4 Å². The molecule has 31 heavy (non-hydrogen) atoms. The van der Waals surface area contributed by atoms with Crippen molar-refractivity contribution >= 4 is 5.96 Å². The van der Waals surface area contributed by atoms with Crippen LogP contribution >= 0.6 is 0 Å². The van der Waals surface area contributed by atoms with Crippen molar-refractivity contribution in [2.24, 2.45) is 4.99 Å². The zero-order chi connectivity index (χ0) is 22.1. The molecule has 0 aliphatic carbocycles. The van der Waals surface area contributed by atoms with Crippen molar-refractivity contribution in [3.05, 3.63) is 17.7 Å². The summed E-state index contributed by atoms with van der Waals surface area (Å²) in [6.45, 7) is 6.31. The first kappa shape index (κ1) is 23.3. The fourth-order valence-corrected chi connectivity index (χ4v) is 3.63. The van der Waals surface area contributed by atoms with Gasteiger partial charge in [-0.2, -0.15) is 8.78 Å². The fraction of sp³-hybridized carbons (Fsp3) is 0.667. The number of rotatable bonds is 9. The van der Waals surface area contributed by atoms with E-state index in [0.717, 1.165) is 45.7 Å². The van der Waals surface area contributed by atoms with Gasteiger partial charge in [0.05, 0.1) is 6.54 Å². The van der Waals surface area contributed by atoms with Gasteiger partial charge in [-0.1, -0.05) is 0 Å². The highest BCUT2D eigenvalue weighted by atomic mass is 19.3. The number of benzene rings is 1. The smallest absolute Gasteiger partial charge is 0.387 e. The maximum absolute atomic E-state index is 12.8. The van der Waals surface area contributed by atoms with Crippen molar-refractivity contribution in [1.29, 1.82) is 0 Å². The molecule has 2 heterocycles. The van der Waals surface area contributed by atoms with Crippen LogP contribution in [-0.2, 0) is 6.54 Å². The Morgan fingerprint density at radius 2 is 1.97 bits per heavy atom. The largest absolute Gasteiger partial charge is 0.454 e.